The molecule has 0 bridgehead atoms. The van der Waals surface area contributed by atoms with Crippen molar-refractivity contribution in [2.24, 2.45) is 5.92 Å². The fraction of sp³-hybridized carbons (Fsp3) is 0.684. The Hall–Kier alpha value is -2.18. The molecule has 0 unspecified atom stereocenters. The molecule has 3 rings (SSSR count). The van der Waals surface area contributed by atoms with Crippen LogP contribution in [0.3, 0.4) is 0 Å². The maximum absolute atomic E-state index is 12.3. The first kappa shape index (κ1) is 18.6. The van der Waals surface area contributed by atoms with Crippen LogP contribution in [0.15, 0.2) is 0 Å². The Bertz CT molecular complexity index is 686. The summed E-state index contributed by atoms with van der Waals surface area (Å²) >= 11 is 0. The van der Waals surface area contributed by atoms with Gasteiger partial charge >= 0.3 is 0 Å². The Morgan fingerprint density at radius 2 is 1.96 bits per heavy atom. The van der Waals surface area contributed by atoms with E-state index in [1.807, 2.05) is 30.7 Å². The summed E-state index contributed by atoms with van der Waals surface area (Å²) in [4.78, 5) is 37.5. The van der Waals surface area contributed by atoms with Crippen LogP contribution in [0.5, 0.6) is 0 Å². The molecule has 7 nitrogen and oxygen atoms in total. The number of fused-ring (bicyclic) bond motifs is 1. The number of aromatic nitrogens is 2. The van der Waals surface area contributed by atoms with Crippen molar-refractivity contribution < 1.29 is 9.59 Å². The molecule has 7 heteroatoms. The Morgan fingerprint density at radius 3 is 2.62 bits per heavy atom. The molecule has 1 saturated heterocycles. The third-order valence-corrected chi connectivity index (χ3v) is 5.35. The van der Waals surface area contributed by atoms with E-state index in [-0.39, 0.29) is 23.7 Å². The van der Waals surface area contributed by atoms with Gasteiger partial charge in [-0.2, -0.15) is 0 Å². The van der Waals surface area contributed by atoms with Crippen LogP contribution in [0, 0.1) is 5.92 Å². The highest BCUT2D eigenvalue weighted by atomic mass is 16.2. The molecule has 26 heavy (non-hydrogen) atoms. The zero-order chi connectivity index (χ0) is 18.8. The van der Waals surface area contributed by atoms with Crippen LogP contribution < -0.4 is 5.32 Å². The van der Waals surface area contributed by atoms with Gasteiger partial charge in [-0.3, -0.25) is 9.59 Å². The molecule has 1 fully saturated rings. The monoisotopic (exact) mass is 359 g/mol. The fourth-order valence-electron chi connectivity index (χ4n) is 3.85. The van der Waals surface area contributed by atoms with Gasteiger partial charge in [-0.1, -0.05) is 13.8 Å². The summed E-state index contributed by atoms with van der Waals surface area (Å²) in [5, 5.41) is 3.19. The number of piperidine rings is 1. The van der Waals surface area contributed by atoms with Crippen molar-refractivity contribution in [3.8, 4) is 0 Å². The Balaban J connectivity index is 1.86. The van der Waals surface area contributed by atoms with Gasteiger partial charge in [0.05, 0.1) is 12.2 Å². The van der Waals surface area contributed by atoms with E-state index in [0.717, 1.165) is 48.7 Å². The number of hydrogen-bond donors (Lipinski definition) is 1. The first-order valence-electron chi connectivity index (χ1n) is 9.52. The molecule has 2 aliphatic heterocycles. The number of nitrogens with one attached hydrogen (secondary N) is 1. The molecule has 2 aliphatic rings. The van der Waals surface area contributed by atoms with Gasteiger partial charge in [0.25, 0.3) is 0 Å². The number of nitrogens with zero attached hydrogens (tertiary/aromatic N) is 4. The second kappa shape index (κ2) is 7.60. The highest BCUT2D eigenvalue weighted by molar-refractivity contribution is 5.78. The van der Waals surface area contributed by atoms with Gasteiger partial charge in [-0.25, -0.2) is 9.97 Å². The third-order valence-electron chi connectivity index (χ3n) is 5.35. The number of carbonyl (C=O) groups excluding carboxylic acids is 2. The zero-order valence-corrected chi connectivity index (χ0v) is 16.2. The van der Waals surface area contributed by atoms with Crippen molar-refractivity contribution >= 4 is 17.6 Å². The molecule has 142 valence electrons. The summed E-state index contributed by atoms with van der Waals surface area (Å²) in [6, 6.07) is 0. The molecular formula is C19H29N5O2. The summed E-state index contributed by atoms with van der Waals surface area (Å²) in [7, 11) is 1.86. The van der Waals surface area contributed by atoms with E-state index in [4.69, 9.17) is 9.97 Å². The largest absolute Gasteiger partial charge is 0.373 e. The second-order valence-electron chi connectivity index (χ2n) is 7.57. The number of likely N-dealkylation sites (tertiary alicyclic amines) is 1. The fourth-order valence-corrected chi connectivity index (χ4v) is 3.85. The number of anilines is 1. The quantitative estimate of drug-likeness (QED) is 0.890. The Kier molecular flexibility index (Phi) is 5.44. The lowest BCUT2D eigenvalue weighted by Crippen LogP contribution is -2.40. The highest BCUT2D eigenvalue weighted by Crippen LogP contribution is 2.30. The van der Waals surface area contributed by atoms with Crippen molar-refractivity contribution in [1.82, 2.24) is 19.8 Å². The first-order chi connectivity index (χ1) is 12.4. The molecule has 0 aromatic carbocycles. The smallest absolute Gasteiger partial charge is 0.225 e. The lowest BCUT2D eigenvalue weighted by atomic mass is 9.96. The lowest BCUT2D eigenvalue weighted by molar-refractivity contribution is -0.135. The van der Waals surface area contributed by atoms with Crippen LogP contribution in [0.2, 0.25) is 0 Å². The van der Waals surface area contributed by atoms with E-state index in [1.54, 1.807) is 6.92 Å². The second-order valence-corrected chi connectivity index (χ2v) is 7.57. The molecule has 3 heterocycles. The lowest BCUT2D eigenvalue weighted by Gasteiger charge is -2.33. The zero-order valence-electron chi connectivity index (χ0n) is 16.2. The summed E-state index contributed by atoms with van der Waals surface area (Å²) in [5.74, 6) is 2.10. The van der Waals surface area contributed by atoms with Gasteiger partial charge < -0.3 is 15.1 Å². The molecule has 0 aliphatic carbocycles. The van der Waals surface area contributed by atoms with Crippen molar-refractivity contribution in [2.75, 3.05) is 32.0 Å². The SMILES string of the molecule is CNc1nc([C@H]2CCCN(C(C)=O)C2)nc2c1CN(C(=O)C(C)C)CC2. The van der Waals surface area contributed by atoms with Crippen LogP contribution in [-0.2, 0) is 22.6 Å². The predicted octanol–water partition coefficient (Wildman–Crippen LogP) is 1.78. The molecule has 2 amide bonds. The first-order valence-corrected chi connectivity index (χ1v) is 9.52. The van der Waals surface area contributed by atoms with Crippen LogP contribution in [0.4, 0.5) is 5.82 Å². The van der Waals surface area contributed by atoms with Crippen molar-refractivity contribution in [3.63, 3.8) is 0 Å². The van der Waals surface area contributed by atoms with Gasteiger partial charge in [0.2, 0.25) is 11.8 Å². The summed E-state index contributed by atoms with van der Waals surface area (Å²) in [6.45, 7) is 8.26. The van der Waals surface area contributed by atoms with Gasteiger partial charge in [0.15, 0.2) is 0 Å². The van der Waals surface area contributed by atoms with Crippen LogP contribution in [-0.4, -0.2) is 58.3 Å². The minimum Gasteiger partial charge on any atom is -0.373 e. The van der Waals surface area contributed by atoms with Crippen LogP contribution in [0.1, 0.15) is 56.6 Å². The van der Waals surface area contributed by atoms with E-state index in [9.17, 15) is 9.59 Å². The average Bonchev–Trinajstić information content (AvgIpc) is 2.66. The molecule has 0 spiro atoms. The molecule has 1 N–H and O–H groups in total. The van der Waals surface area contributed by atoms with Crippen LogP contribution in [0.25, 0.3) is 0 Å². The predicted molar refractivity (Wildman–Crippen MR) is 99.8 cm³/mol. The molecular weight excluding hydrogens is 330 g/mol. The summed E-state index contributed by atoms with van der Waals surface area (Å²) < 4.78 is 0. The normalized spacial score (nSPS) is 20.1. The molecule has 1 atom stereocenters. The third kappa shape index (κ3) is 3.66. The summed E-state index contributed by atoms with van der Waals surface area (Å²) in [5.41, 5.74) is 2.06. The van der Waals surface area contributed by atoms with E-state index in [2.05, 4.69) is 5.32 Å². The number of rotatable bonds is 3. The molecule has 1 aromatic rings. The highest BCUT2D eigenvalue weighted by Gasteiger charge is 2.30. The van der Waals surface area contributed by atoms with E-state index >= 15 is 0 Å². The minimum absolute atomic E-state index is 0.00502. The Morgan fingerprint density at radius 1 is 1.19 bits per heavy atom. The number of carbonyl (C=O) groups is 2. The van der Waals surface area contributed by atoms with Gasteiger partial charge in [-0.15, -0.1) is 0 Å². The number of hydrogen-bond acceptors (Lipinski definition) is 5. The average molecular weight is 359 g/mol. The summed E-state index contributed by atoms with van der Waals surface area (Å²) in [6.07, 6.45) is 2.74. The molecule has 0 radical (unpaired) electrons. The van der Waals surface area contributed by atoms with E-state index < -0.39 is 0 Å². The van der Waals surface area contributed by atoms with Crippen molar-refractivity contribution in [1.29, 1.82) is 0 Å². The van der Waals surface area contributed by atoms with Gasteiger partial charge in [0, 0.05) is 57.4 Å². The van der Waals surface area contributed by atoms with Gasteiger partial charge in [-0.05, 0) is 12.8 Å². The Labute approximate surface area is 155 Å². The minimum atomic E-state index is -0.00502. The topological polar surface area (TPSA) is 78.4 Å². The standard InChI is InChI=1S/C19H29N5O2/c1-12(2)19(26)24-9-7-16-15(11-24)18(20-4)22-17(21-16)14-6-5-8-23(10-14)13(3)25/h12,14H,5-11H2,1-4H3,(H,20,21,22)/t14-/m0/s1. The van der Waals surface area contributed by atoms with Gasteiger partial charge in [0.1, 0.15) is 11.6 Å². The van der Waals surface area contributed by atoms with Crippen molar-refractivity contribution in [3.05, 3.63) is 17.1 Å². The van der Waals surface area contributed by atoms with E-state index in [0.29, 0.717) is 19.6 Å². The van der Waals surface area contributed by atoms with Crippen molar-refractivity contribution in [2.45, 2.75) is 52.5 Å². The molecule has 0 saturated carbocycles. The maximum Gasteiger partial charge on any atom is 0.225 e. The number of amides is 2. The molecule has 1 aromatic heterocycles. The van der Waals surface area contributed by atoms with Crippen LogP contribution >= 0.6 is 0 Å². The maximum atomic E-state index is 12.3. The van der Waals surface area contributed by atoms with E-state index in [1.165, 1.54) is 0 Å².